The molecule has 2 fully saturated rings. The van der Waals surface area contributed by atoms with E-state index in [4.69, 9.17) is 48.1 Å². The van der Waals surface area contributed by atoms with Gasteiger partial charge in [-0.05, 0) is 37.7 Å². The third-order valence-corrected chi connectivity index (χ3v) is 6.25. The van der Waals surface area contributed by atoms with Gasteiger partial charge in [-0.15, -0.1) is 0 Å². The number of hydrogen-bond donors (Lipinski definition) is 2. The molecule has 0 amide bonds. The standard InChI is InChI=1S/C19H19Cl2N5O2.C4H8O/c1-27-12-6-13(28-2)16(21)14(15(12)20)11-5-10-8-24-19(22)26-17(10)18(25-11)23-7-9-3-4-9;1-2-4-5-3-1/h5-6,8-9H,3-4,7H2,1-2H3,(H,23,25)(H2,22,24,26);1-4H2. The lowest BCUT2D eigenvalue weighted by atomic mass is 10.1. The van der Waals surface area contributed by atoms with Crippen LogP contribution in [0.25, 0.3) is 22.2 Å². The van der Waals surface area contributed by atoms with Crippen molar-refractivity contribution >= 4 is 45.9 Å². The summed E-state index contributed by atoms with van der Waals surface area (Å²) < 4.78 is 15.7. The van der Waals surface area contributed by atoms with Crippen molar-refractivity contribution in [3.05, 3.63) is 28.4 Å². The second-order valence-electron chi connectivity index (χ2n) is 7.95. The number of halogens is 2. The Balaban J connectivity index is 0.000000459. The first-order valence-electron chi connectivity index (χ1n) is 10.9. The average Bonchev–Trinajstić information content (AvgIpc) is 3.44. The molecule has 0 radical (unpaired) electrons. The zero-order valence-corrected chi connectivity index (χ0v) is 20.2. The first-order chi connectivity index (χ1) is 16.0. The van der Waals surface area contributed by atoms with E-state index in [0.717, 1.165) is 25.1 Å². The maximum atomic E-state index is 6.57. The van der Waals surface area contributed by atoms with E-state index in [1.807, 2.05) is 6.07 Å². The van der Waals surface area contributed by atoms with Crippen LogP contribution in [0, 0.1) is 5.92 Å². The number of nitrogens with zero attached hydrogens (tertiary/aromatic N) is 3. The molecular weight excluding hydrogens is 465 g/mol. The highest BCUT2D eigenvalue weighted by atomic mass is 35.5. The van der Waals surface area contributed by atoms with Gasteiger partial charge in [0.15, 0.2) is 5.82 Å². The van der Waals surface area contributed by atoms with Gasteiger partial charge < -0.3 is 25.3 Å². The first-order valence-corrected chi connectivity index (χ1v) is 11.6. The number of ether oxygens (including phenoxy) is 3. The second kappa shape index (κ2) is 10.6. The van der Waals surface area contributed by atoms with Crippen LogP contribution in [-0.4, -0.2) is 48.9 Å². The molecule has 0 spiro atoms. The summed E-state index contributed by atoms with van der Waals surface area (Å²) in [6.07, 6.45) is 6.64. The van der Waals surface area contributed by atoms with Crippen molar-refractivity contribution in [2.75, 3.05) is 45.0 Å². The van der Waals surface area contributed by atoms with Crippen LogP contribution in [0.5, 0.6) is 11.5 Å². The van der Waals surface area contributed by atoms with Crippen LogP contribution in [0.3, 0.4) is 0 Å². The summed E-state index contributed by atoms with van der Waals surface area (Å²) in [7, 11) is 3.07. The van der Waals surface area contributed by atoms with Gasteiger partial charge in [-0.2, -0.15) is 0 Å². The number of hydrogen-bond acceptors (Lipinski definition) is 8. The topological polar surface area (TPSA) is 104 Å². The molecule has 2 aliphatic rings. The van der Waals surface area contributed by atoms with Crippen molar-refractivity contribution in [2.24, 2.45) is 5.92 Å². The molecule has 0 atom stereocenters. The van der Waals surface area contributed by atoms with Gasteiger partial charge in [-0.25, -0.2) is 15.0 Å². The van der Waals surface area contributed by atoms with Gasteiger partial charge in [0.2, 0.25) is 5.95 Å². The summed E-state index contributed by atoms with van der Waals surface area (Å²) >= 11 is 13.1. The molecular formula is C23H27Cl2N5O3. The molecule has 8 nitrogen and oxygen atoms in total. The van der Waals surface area contributed by atoms with Gasteiger partial charge in [0, 0.05) is 43.0 Å². The molecule has 3 N–H and O–H groups in total. The molecule has 33 heavy (non-hydrogen) atoms. The van der Waals surface area contributed by atoms with Crippen molar-refractivity contribution < 1.29 is 14.2 Å². The van der Waals surface area contributed by atoms with E-state index in [-0.39, 0.29) is 5.95 Å². The summed E-state index contributed by atoms with van der Waals surface area (Å²) in [5.74, 6) is 2.35. The van der Waals surface area contributed by atoms with Gasteiger partial charge in [0.05, 0.1) is 30.0 Å². The highest BCUT2D eigenvalue weighted by Crippen LogP contribution is 2.46. The van der Waals surface area contributed by atoms with Crippen LogP contribution >= 0.6 is 23.2 Å². The van der Waals surface area contributed by atoms with Crippen molar-refractivity contribution in [1.82, 2.24) is 15.0 Å². The fourth-order valence-corrected chi connectivity index (χ4v) is 4.18. The highest BCUT2D eigenvalue weighted by molar-refractivity contribution is 6.41. The van der Waals surface area contributed by atoms with Crippen LogP contribution in [-0.2, 0) is 4.74 Å². The van der Waals surface area contributed by atoms with E-state index in [9.17, 15) is 0 Å². The molecule has 3 heterocycles. The predicted molar refractivity (Wildman–Crippen MR) is 132 cm³/mol. The largest absolute Gasteiger partial charge is 0.495 e. The third kappa shape index (κ3) is 5.51. The number of benzene rings is 1. The van der Waals surface area contributed by atoms with E-state index in [1.165, 1.54) is 39.9 Å². The summed E-state index contributed by atoms with van der Waals surface area (Å²) in [5, 5.41) is 4.85. The van der Waals surface area contributed by atoms with Crippen LogP contribution < -0.4 is 20.5 Å². The Kier molecular flexibility index (Phi) is 7.57. The number of rotatable bonds is 6. The lowest BCUT2D eigenvalue weighted by Crippen LogP contribution is -2.08. The zero-order valence-electron chi connectivity index (χ0n) is 18.7. The number of nitrogens with one attached hydrogen (secondary N) is 1. The van der Waals surface area contributed by atoms with Crippen LogP contribution in [0.1, 0.15) is 25.7 Å². The predicted octanol–water partition coefficient (Wildman–Crippen LogP) is 5.22. The molecule has 176 valence electrons. The minimum atomic E-state index is 0.190. The Hall–Kier alpha value is -2.55. The third-order valence-electron chi connectivity index (χ3n) is 5.50. The minimum absolute atomic E-state index is 0.190. The maximum absolute atomic E-state index is 6.57. The average molecular weight is 492 g/mol. The number of anilines is 2. The van der Waals surface area contributed by atoms with Crippen LogP contribution in [0.15, 0.2) is 18.3 Å². The molecule has 1 saturated carbocycles. The van der Waals surface area contributed by atoms with Gasteiger partial charge in [0.25, 0.3) is 0 Å². The molecule has 1 aromatic carbocycles. The summed E-state index contributed by atoms with van der Waals surface area (Å²) in [5.41, 5.74) is 7.52. The van der Waals surface area contributed by atoms with E-state index >= 15 is 0 Å². The normalized spacial score (nSPS) is 15.2. The van der Waals surface area contributed by atoms with E-state index in [1.54, 1.807) is 12.3 Å². The molecule has 5 rings (SSSR count). The minimum Gasteiger partial charge on any atom is -0.495 e. The summed E-state index contributed by atoms with van der Waals surface area (Å²) in [6.45, 7) is 2.82. The summed E-state index contributed by atoms with van der Waals surface area (Å²) in [6, 6.07) is 3.47. The molecule has 3 aromatic rings. The SMILES string of the molecule is C1CCOC1.COc1cc(OC)c(Cl)c(-c2cc3cnc(N)nc3c(NCC3CC3)n2)c1Cl. The Morgan fingerprint density at radius 3 is 2.27 bits per heavy atom. The van der Waals surface area contributed by atoms with Crippen molar-refractivity contribution in [3.8, 4) is 22.8 Å². The van der Waals surface area contributed by atoms with Gasteiger partial charge in [-0.3, -0.25) is 0 Å². The second-order valence-corrected chi connectivity index (χ2v) is 8.71. The lowest BCUT2D eigenvalue weighted by Gasteiger charge is -2.16. The van der Waals surface area contributed by atoms with Crippen molar-refractivity contribution in [1.29, 1.82) is 0 Å². The van der Waals surface area contributed by atoms with Gasteiger partial charge in [-0.1, -0.05) is 23.2 Å². The zero-order chi connectivity index (χ0) is 23.4. The smallest absolute Gasteiger partial charge is 0.220 e. The molecule has 1 aliphatic carbocycles. The Morgan fingerprint density at radius 2 is 1.73 bits per heavy atom. The number of fused-ring (bicyclic) bond motifs is 1. The number of methoxy groups -OCH3 is 2. The van der Waals surface area contributed by atoms with Crippen molar-refractivity contribution in [2.45, 2.75) is 25.7 Å². The maximum Gasteiger partial charge on any atom is 0.220 e. The lowest BCUT2D eigenvalue weighted by molar-refractivity contribution is 0.198. The van der Waals surface area contributed by atoms with Gasteiger partial charge in [0.1, 0.15) is 17.0 Å². The summed E-state index contributed by atoms with van der Waals surface area (Å²) in [4.78, 5) is 13.2. The Morgan fingerprint density at radius 1 is 1.06 bits per heavy atom. The molecule has 2 aromatic heterocycles. The Bertz CT molecular complexity index is 1100. The quantitative estimate of drug-likeness (QED) is 0.483. The molecule has 1 saturated heterocycles. The van der Waals surface area contributed by atoms with Crippen molar-refractivity contribution in [3.63, 3.8) is 0 Å². The number of nitrogens with two attached hydrogens (primary N) is 1. The first kappa shape index (κ1) is 23.6. The van der Waals surface area contributed by atoms with E-state index < -0.39 is 0 Å². The van der Waals surface area contributed by atoms with E-state index in [0.29, 0.717) is 50.1 Å². The van der Waals surface area contributed by atoms with Crippen LogP contribution in [0.2, 0.25) is 10.0 Å². The monoisotopic (exact) mass is 491 g/mol. The Labute approximate surface area is 202 Å². The molecule has 1 aliphatic heterocycles. The molecule has 0 bridgehead atoms. The molecule has 10 heteroatoms. The fourth-order valence-electron chi connectivity index (χ4n) is 3.49. The van der Waals surface area contributed by atoms with Crippen LogP contribution in [0.4, 0.5) is 11.8 Å². The molecule has 0 unspecified atom stereocenters. The number of aromatic nitrogens is 3. The van der Waals surface area contributed by atoms with E-state index in [2.05, 4.69) is 15.3 Å². The highest BCUT2D eigenvalue weighted by Gasteiger charge is 2.24. The number of nitrogen functional groups attached to an aromatic ring is 1. The fraction of sp³-hybridized carbons (Fsp3) is 0.435. The van der Waals surface area contributed by atoms with Gasteiger partial charge >= 0.3 is 0 Å². The number of pyridine rings is 1.